The van der Waals surface area contributed by atoms with Gasteiger partial charge in [0.05, 0.1) is 40.3 Å². The zero-order chi connectivity index (χ0) is 26.8. The molecule has 1 unspecified atom stereocenters. The second-order valence-corrected chi connectivity index (χ2v) is 11.0. The molecule has 0 aliphatic carbocycles. The van der Waals surface area contributed by atoms with Crippen molar-refractivity contribution in [1.29, 1.82) is 0 Å². The second-order valence-electron chi connectivity index (χ2n) is 9.97. The minimum Gasteiger partial charge on any atom is -0.480 e. The lowest BCUT2D eigenvalue weighted by molar-refractivity contribution is -0.145. The van der Waals surface area contributed by atoms with Crippen LogP contribution in [0.2, 0.25) is 0 Å². The average Bonchev–Trinajstić information content (AvgIpc) is 3.36. The Hall–Kier alpha value is -3.57. The van der Waals surface area contributed by atoms with E-state index >= 15 is 0 Å². The largest absolute Gasteiger partial charge is 0.480 e. The van der Waals surface area contributed by atoms with E-state index in [0.29, 0.717) is 12.5 Å². The molecule has 2 aliphatic heterocycles. The van der Waals surface area contributed by atoms with Gasteiger partial charge in [0.15, 0.2) is 0 Å². The number of ether oxygens (including phenoxy) is 1. The quantitative estimate of drug-likeness (QED) is 0.479. The van der Waals surface area contributed by atoms with Gasteiger partial charge in [-0.15, -0.1) is 11.3 Å². The van der Waals surface area contributed by atoms with Gasteiger partial charge in [0.2, 0.25) is 5.88 Å². The minimum atomic E-state index is -0.793. The lowest BCUT2D eigenvalue weighted by Gasteiger charge is -2.35. The van der Waals surface area contributed by atoms with Gasteiger partial charge >= 0.3 is 11.8 Å². The summed E-state index contributed by atoms with van der Waals surface area (Å²) < 4.78 is 6.18. The number of benzene rings is 1. The SMILES string of the molecule is COc1ncc(NC(=O)C(=O)N2CCCCC2c2ccc3sc(C4CCN(C)CC4)nc3c2)cc1C(N)=O. The molecule has 0 radical (unpaired) electrons. The van der Waals surface area contributed by atoms with Crippen LogP contribution in [0.1, 0.15) is 65.0 Å². The van der Waals surface area contributed by atoms with Crippen molar-refractivity contribution in [3.8, 4) is 5.88 Å². The molecule has 2 aromatic heterocycles. The van der Waals surface area contributed by atoms with Gasteiger partial charge in [0.25, 0.3) is 5.91 Å². The van der Waals surface area contributed by atoms with E-state index in [4.69, 9.17) is 15.5 Å². The van der Waals surface area contributed by atoms with Crippen molar-refractivity contribution in [2.75, 3.05) is 39.1 Å². The number of nitrogens with zero attached hydrogens (tertiary/aromatic N) is 4. The van der Waals surface area contributed by atoms with E-state index in [1.807, 2.05) is 0 Å². The van der Waals surface area contributed by atoms with Gasteiger partial charge in [-0.1, -0.05) is 6.07 Å². The number of pyridine rings is 1. The molecule has 0 bridgehead atoms. The Morgan fingerprint density at radius 2 is 1.89 bits per heavy atom. The van der Waals surface area contributed by atoms with Crippen LogP contribution in [0.15, 0.2) is 30.5 Å². The average molecular weight is 537 g/mol. The Bertz CT molecular complexity index is 1370. The fourth-order valence-corrected chi connectivity index (χ4v) is 6.41. The fourth-order valence-electron chi connectivity index (χ4n) is 5.30. The Morgan fingerprint density at radius 1 is 1.11 bits per heavy atom. The number of nitrogens with one attached hydrogen (secondary N) is 1. The van der Waals surface area contributed by atoms with Gasteiger partial charge in [0.1, 0.15) is 5.56 Å². The van der Waals surface area contributed by atoms with Gasteiger partial charge in [-0.3, -0.25) is 14.4 Å². The highest BCUT2D eigenvalue weighted by Crippen LogP contribution is 2.37. The summed E-state index contributed by atoms with van der Waals surface area (Å²) in [7, 11) is 3.52. The van der Waals surface area contributed by atoms with E-state index in [1.54, 1.807) is 16.2 Å². The molecule has 11 heteroatoms. The molecule has 1 aromatic carbocycles. The number of hydrogen-bond acceptors (Lipinski definition) is 8. The van der Waals surface area contributed by atoms with Gasteiger partial charge in [-0.25, -0.2) is 9.97 Å². The first kappa shape index (κ1) is 26.1. The number of nitrogens with two attached hydrogens (primary N) is 1. The van der Waals surface area contributed by atoms with Crippen molar-refractivity contribution in [1.82, 2.24) is 19.8 Å². The smallest absolute Gasteiger partial charge is 0.313 e. The molecule has 4 heterocycles. The molecule has 0 spiro atoms. The van der Waals surface area contributed by atoms with Crippen molar-refractivity contribution in [3.05, 3.63) is 46.6 Å². The standard InChI is InChI=1S/C27H32N6O4S/c1-32-11-8-16(9-12-32)26-31-20-13-17(6-7-22(20)38-26)21-5-3-4-10-33(21)27(36)24(35)30-18-14-19(23(28)34)25(37-2)29-15-18/h6-7,13-16,21H,3-5,8-12H2,1-2H3,(H2,28,34)(H,30,35). The molecule has 0 saturated carbocycles. The van der Waals surface area contributed by atoms with E-state index in [9.17, 15) is 14.4 Å². The molecule has 3 aromatic rings. The molecule has 200 valence electrons. The molecule has 3 N–H and O–H groups in total. The maximum Gasteiger partial charge on any atom is 0.313 e. The van der Waals surface area contributed by atoms with Crippen molar-refractivity contribution in [2.24, 2.45) is 5.73 Å². The normalized spacial score (nSPS) is 18.9. The number of amides is 3. The highest BCUT2D eigenvalue weighted by Gasteiger charge is 2.32. The Balaban J connectivity index is 1.33. The summed E-state index contributed by atoms with van der Waals surface area (Å²) in [6.07, 6.45) is 6.12. The van der Waals surface area contributed by atoms with Crippen LogP contribution in [0.5, 0.6) is 5.88 Å². The zero-order valence-corrected chi connectivity index (χ0v) is 22.4. The summed E-state index contributed by atoms with van der Waals surface area (Å²) in [5, 5.41) is 3.74. The maximum absolute atomic E-state index is 13.3. The molecule has 5 rings (SSSR count). The first-order valence-corrected chi connectivity index (χ1v) is 13.7. The van der Waals surface area contributed by atoms with Crippen LogP contribution in [0.3, 0.4) is 0 Å². The number of likely N-dealkylation sites (tertiary alicyclic amines) is 2. The number of hydrogen-bond donors (Lipinski definition) is 2. The van der Waals surface area contributed by atoms with Gasteiger partial charge in [-0.05, 0) is 76.0 Å². The number of carbonyl (C=O) groups excluding carboxylic acids is 3. The number of aromatic nitrogens is 2. The third-order valence-electron chi connectivity index (χ3n) is 7.41. The van der Waals surface area contributed by atoms with Crippen LogP contribution >= 0.6 is 11.3 Å². The molecular weight excluding hydrogens is 504 g/mol. The van der Waals surface area contributed by atoms with Crippen molar-refractivity contribution in [3.63, 3.8) is 0 Å². The molecule has 1 atom stereocenters. The van der Waals surface area contributed by atoms with Crippen LogP contribution < -0.4 is 15.8 Å². The lowest BCUT2D eigenvalue weighted by atomic mass is 9.94. The van der Waals surface area contributed by atoms with Gasteiger partial charge < -0.3 is 25.6 Å². The summed E-state index contributed by atoms with van der Waals surface area (Å²) in [5.74, 6) is -1.63. The highest BCUT2D eigenvalue weighted by molar-refractivity contribution is 7.18. The van der Waals surface area contributed by atoms with Crippen molar-refractivity contribution >= 4 is 45.0 Å². The highest BCUT2D eigenvalue weighted by atomic mass is 32.1. The Morgan fingerprint density at radius 3 is 2.63 bits per heavy atom. The summed E-state index contributed by atoms with van der Waals surface area (Å²) in [5.41, 5.74) is 7.53. The number of carbonyl (C=O) groups is 3. The molecule has 2 aliphatic rings. The summed E-state index contributed by atoms with van der Waals surface area (Å²) in [4.78, 5) is 50.9. The van der Waals surface area contributed by atoms with Crippen molar-refractivity contribution in [2.45, 2.75) is 44.1 Å². The van der Waals surface area contributed by atoms with Crippen LogP contribution in [0, 0.1) is 0 Å². The van der Waals surface area contributed by atoms with E-state index in [2.05, 4.69) is 40.4 Å². The monoisotopic (exact) mass is 536 g/mol. The van der Waals surface area contributed by atoms with Crippen molar-refractivity contribution < 1.29 is 19.1 Å². The number of primary amides is 1. The predicted octanol–water partition coefficient (Wildman–Crippen LogP) is 3.30. The molecular formula is C27H32N6O4S. The number of piperidine rings is 2. The van der Waals surface area contributed by atoms with E-state index in [-0.39, 0.29) is 23.2 Å². The van der Waals surface area contributed by atoms with Gasteiger partial charge in [0, 0.05) is 12.5 Å². The fraction of sp³-hybridized carbons (Fsp3) is 0.444. The zero-order valence-electron chi connectivity index (χ0n) is 21.6. The first-order valence-electron chi connectivity index (χ1n) is 12.9. The number of rotatable bonds is 5. The maximum atomic E-state index is 13.3. The van der Waals surface area contributed by atoms with E-state index in [0.717, 1.165) is 61.0 Å². The summed E-state index contributed by atoms with van der Waals surface area (Å²) >= 11 is 1.76. The minimum absolute atomic E-state index is 0.0183. The third-order valence-corrected chi connectivity index (χ3v) is 8.61. The van der Waals surface area contributed by atoms with Crippen LogP contribution in [-0.4, -0.2) is 71.3 Å². The summed E-state index contributed by atoms with van der Waals surface area (Å²) in [6.45, 7) is 2.66. The molecule has 2 saturated heterocycles. The van der Waals surface area contributed by atoms with E-state index in [1.165, 1.54) is 24.4 Å². The molecule has 10 nitrogen and oxygen atoms in total. The Labute approximate surface area is 225 Å². The van der Waals surface area contributed by atoms with Crippen LogP contribution in [-0.2, 0) is 9.59 Å². The Kier molecular flexibility index (Phi) is 7.57. The number of fused-ring (bicyclic) bond motifs is 1. The van der Waals surface area contributed by atoms with Crippen LogP contribution in [0.25, 0.3) is 10.2 Å². The molecule has 38 heavy (non-hydrogen) atoms. The number of methoxy groups -OCH3 is 1. The lowest BCUT2D eigenvalue weighted by Crippen LogP contribution is -2.44. The summed E-state index contributed by atoms with van der Waals surface area (Å²) in [6, 6.07) is 7.36. The van der Waals surface area contributed by atoms with E-state index < -0.39 is 17.7 Å². The third kappa shape index (κ3) is 5.34. The second kappa shape index (κ2) is 11.0. The topological polar surface area (TPSA) is 131 Å². The predicted molar refractivity (Wildman–Crippen MR) is 145 cm³/mol. The van der Waals surface area contributed by atoms with Gasteiger partial charge in [-0.2, -0.15) is 0 Å². The van der Waals surface area contributed by atoms with Crippen LogP contribution in [0.4, 0.5) is 5.69 Å². The molecule has 3 amide bonds. The molecule has 2 fully saturated rings. The first-order chi connectivity index (χ1) is 18.3. The number of thiazole rings is 1. The number of anilines is 1.